The van der Waals surface area contributed by atoms with E-state index in [4.69, 9.17) is 11.6 Å². The van der Waals surface area contributed by atoms with Crippen LogP contribution in [0.3, 0.4) is 0 Å². The Morgan fingerprint density at radius 2 is 1.90 bits per heavy atom. The van der Waals surface area contributed by atoms with Crippen molar-refractivity contribution in [1.29, 1.82) is 0 Å². The lowest BCUT2D eigenvalue weighted by Crippen LogP contribution is -2.23. The Labute approximate surface area is 122 Å². The first-order chi connectivity index (χ1) is 9.52. The summed E-state index contributed by atoms with van der Waals surface area (Å²) in [5, 5.41) is 3.39. The minimum Gasteiger partial charge on any atom is -0.307 e. The SMILES string of the molecule is CCNC(c1ccc(Cl)c(F)c1)c1ccc(F)cc1C. The van der Waals surface area contributed by atoms with E-state index in [1.165, 1.54) is 24.3 Å². The van der Waals surface area contributed by atoms with Crippen LogP contribution in [0.4, 0.5) is 8.78 Å². The number of hydrogen-bond donors (Lipinski definition) is 1. The molecule has 1 nitrogen and oxygen atoms in total. The Morgan fingerprint density at radius 1 is 1.15 bits per heavy atom. The maximum atomic E-state index is 13.6. The van der Waals surface area contributed by atoms with Crippen LogP contribution in [-0.4, -0.2) is 6.54 Å². The van der Waals surface area contributed by atoms with Crippen LogP contribution in [0.15, 0.2) is 36.4 Å². The summed E-state index contributed by atoms with van der Waals surface area (Å²) in [6, 6.07) is 9.16. The van der Waals surface area contributed by atoms with Crippen LogP contribution in [0.5, 0.6) is 0 Å². The Morgan fingerprint density at radius 3 is 2.50 bits per heavy atom. The molecule has 0 aromatic heterocycles. The summed E-state index contributed by atoms with van der Waals surface area (Å²) in [5.41, 5.74) is 2.52. The fourth-order valence-electron chi connectivity index (χ4n) is 2.27. The topological polar surface area (TPSA) is 12.0 Å². The van der Waals surface area contributed by atoms with Crippen molar-refractivity contribution >= 4 is 11.6 Å². The molecule has 20 heavy (non-hydrogen) atoms. The minimum absolute atomic E-state index is 0.0971. The second-order valence-corrected chi connectivity index (χ2v) is 5.07. The Bertz CT molecular complexity index is 613. The van der Waals surface area contributed by atoms with Gasteiger partial charge in [0.2, 0.25) is 0 Å². The van der Waals surface area contributed by atoms with Gasteiger partial charge >= 0.3 is 0 Å². The highest BCUT2D eigenvalue weighted by Crippen LogP contribution is 2.27. The predicted molar refractivity (Wildman–Crippen MR) is 78.1 cm³/mol. The molecule has 0 amide bonds. The summed E-state index contributed by atoms with van der Waals surface area (Å²) in [5.74, 6) is -0.726. The molecule has 0 aliphatic rings. The monoisotopic (exact) mass is 295 g/mol. The van der Waals surface area contributed by atoms with Crippen molar-refractivity contribution in [2.75, 3.05) is 6.54 Å². The zero-order chi connectivity index (χ0) is 14.7. The standard InChI is InChI=1S/C16H16ClF2N/c1-3-20-16(11-4-7-14(17)15(19)9-11)13-6-5-12(18)8-10(13)2/h4-9,16,20H,3H2,1-2H3. The summed E-state index contributed by atoms with van der Waals surface area (Å²) in [6.07, 6.45) is 0. The first-order valence-corrected chi connectivity index (χ1v) is 6.85. The molecule has 0 saturated heterocycles. The molecule has 0 aliphatic carbocycles. The van der Waals surface area contributed by atoms with Gasteiger partial charge in [-0.25, -0.2) is 8.78 Å². The van der Waals surface area contributed by atoms with E-state index in [0.717, 1.165) is 16.7 Å². The fourth-order valence-corrected chi connectivity index (χ4v) is 2.38. The lowest BCUT2D eigenvalue weighted by Gasteiger charge is -2.21. The lowest BCUT2D eigenvalue weighted by atomic mass is 9.95. The van der Waals surface area contributed by atoms with Crippen molar-refractivity contribution in [3.8, 4) is 0 Å². The van der Waals surface area contributed by atoms with Crippen LogP contribution in [0, 0.1) is 18.6 Å². The maximum absolute atomic E-state index is 13.6. The largest absolute Gasteiger partial charge is 0.307 e. The van der Waals surface area contributed by atoms with Crippen molar-refractivity contribution in [2.24, 2.45) is 0 Å². The fraction of sp³-hybridized carbons (Fsp3) is 0.250. The number of aryl methyl sites for hydroxylation is 1. The van der Waals surface area contributed by atoms with E-state index in [0.29, 0.717) is 6.54 Å². The second-order valence-electron chi connectivity index (χ2n) is 4.67. The second kappa shape index (κ2) is 6.33. The molecule has 0 spiro atoms. The van der Waals surface area contributed by atoms with Gasteiger partial charge in [-0.15, -0.1) is 0 Å². The van der Waals surface area contributed by atoms with E-state index >= 15 is 0 Å². The molecular formula is C16H16ClF2N. The molecule has 2 rings (SSSR count). The molecule has 0 aliphatic heterocycles. The Kier molecular flexibility index (Phi) is 4.73. The zero-order valence-corrected chi connectivity index (χ0v) is 12.1. The molecule has 1 N–H and O–H groups in total. The van der Waals surface area contributed by atoms with Crippen molar-refractivity contribution < 1.29 is 8.78 Å². The molecule has 2 aromatic rings. The van der Waals surface area contributed by atoms with Gasteiger partial charge in [-0.05, 0) is 54.4 Å². The average molecular weight is 296 g/mol. The predicted octanol–water partition coefficient (Wildman–Crippen LogP) is 4.63. The van der Waals surface area contributed by atoms with Gasteiger partial charge in [0.25, 0.3) is 0 Å². The number of rotatable bonds is 4. The van der Waals surface area contributed by atoms with Gasteiger partial charge in [0.1, 0.15) is 11.6 Å². The minimum atomic E-state index is -0.452. The molecule has 0 saturated carbocycles. The van der Waals surface area contributed by atoms with E-state index in [2.05, 4.69) is 5.32 Å². The lowest BCUT2D eigenvalue weighted by molar-refractivity contribution is 0.596. The normalized spacial score (nSPS) is 12.4. The first kappa shape index (κ1) is 14.9. The van der Waals surface area contributed by atoms with Crippen LogP contribution in [0.1, 0.15) is 29.7 Å². The Hall–Kier alpha value is -1.45. The number of nitrogens with one attached hydrogen (secondary N) is 1. The summed E-state index contributed by atoms with van der Waals surface area (Å²) < 4.78 is 26.9. The highest BCUT2D eigenvalue weighted by atomic mass is 35.5. The van der Waals surface area contributed by atoms with Crippen LogP contribution < -0.4 is 5.32 Å². The van der Waals surface area contributed by atoms with E-state index in [-0.39, 0.29) is 16.9 Å². The molecule has 0 radical (unpaired) electrons. The molecule has 1 unspecified atom stereocenters. The molecule has 0 fully saturated rings. The molecule has 0 heterocycles. The summed E-state index contributed by atoms with van der Waals surface area (Å²) in [4.78, 5) is 0. The molecule has 0 bridgehead atoms. The van der Waals surface area contributed by atoms with Crippen LogP contribution in [-0.2, 0) is 0 Å². The molecule has 4 heteroatoms. The summed E-state index contributed by atoms with van der Waals surface area (Å²) >= 11 is 5.72. The van der Waals surface area contributed by atoms with Gasteiger partial charge in [0.05, 0.1) is 11.1 Å². The van der Waals surface area contributed by atoms with E-state index in [9.17, 15) is 8.78 Å². The smallest absolute Gasteiger partial charge is 0.142 e. The third-order valence-electron chi connectivity index (χ3n) is 3.23. The van der Waals surface area contributed by atoms with Gasteiger partial charge < -0.3 is 5.32 Å². The first-order valence-electron chi connectivity index (χ1n) is 6.47. The zero-order valence-electron chi connectivity index (χ0n) is 11.4. The van der Waals surface area contributed by atoms with Gasteiger partial charge in [0, 0.05) is 0 Å². The Balaban J connectivity index is 2.47. The van der Waals surface area contributed by atoms with Crippen molar-refractivity contribution in [3.63, 3.8) is 0 Å². The van der Waals surface area contributed by atoms with E-state index < -0.39 is 5.82 Å². The third-order valence-corrected chi connectivity index (χ3v) is 3.53. The highest BCUT2D eigenvalue weighted by Gasteiger charge is 2.17. The molecule has 1 atom stereocenters. The van der Waals surface area contributed by atoms with E-state index in [1.807, 2.05) is 13.8 Å². The van der Waals surface area contributed by atoms with Crippen LogP contribution in [0.2, 0.25) is 5.02 Å². The molecule has 106 valence electrons. The highest BCUT2D eigenvalue weighted by molar-refractivity contribution is 6.30. The summed E-state index contributed by atoms with van der Waals surface area (Å²) in [6.45, 7) is 4.53. The van der Waals surface area contributed by atoms with Crippen molar-refractivity contribution in [1.82, 2.24) is 5.32 Å². The quantitative estimate of drug-likeness (QED) is 0.867. The van der Waals surface area contributed by atoms with Crippen LogP contribution in [0.25, 0.3) is 0 Å². The average Bonchev–Trinajstić information content (AvgIpc) is 2.40. The molecule has 2 aromatic carbocycles. The van der Waals surface area contributed by atoms with Crippen molar-refractivity contribution in [2.45, 2.75) is 19.9 Å². The summed E-state index contributed by atoms with van der Waals surface area (Å²) in [7, 11) is 0. The maximum Gasteiger partial charge on any atom is 0.142 e. The molecular weight excluding hydrogens is 280 g/mol. The van der Waals surface area contributed by atoms with Gasteiger partial charge in [0.15, 0.2) is 0 Å². The number of hydrogen-bond acceptors (Lipinski definition) is 1. The van der Waals surface area contributed by atoms with Crippen LogP contribution >= 0.6 is 11.6 Å². The van der Waals surface area contributed by atoms with E-state index in [1.54, 1.807) is 12.1 Å². The number of halogens is 3. The van der Waals surface area contributed by atoms with Gasteiger partial charge in [-0.1, -0.05) is 30.7 Å². The third kappa shape index (κ3) is 3.17. The van der Waals surface area contributed by atoms with Crippen molar-refractivity contribution in [3.05, 3.63) is 69.7 Å². The number of benzene rings is 2. The van der Waals surface area contributed by atoms with Gasteiger partial charge in [-0.2, -0.15) is 0 Å². The van der Waals surface area contributed by atoms with Gasteiger partial charge in [-0.3, -0.25) is 0 Å².